The number of nitrogens with zero attached hydrogens (tertiary/aromatic N) is 1. The SMILES string of the molecule is CC(=O)NCc1cc(C)ccc1N1CCNCC1. The van der Waals surface area contributed by atoms with Gasteiger partial charge in [0.25, 0.3) is 0 Å². The molecule has 0 radical (unpaired) electrons. The van der Waals surface area contributed by atoms with E-state index < -0.39 is 0 Å². The van der Waals surface area contributed by atoms with Crippen LogP contribution in [0.25, 0.3) is 0 Å². The normalized spacial score (nSPS) is 15.6. The second-order valence-corrected chi connectivity index (χ2v) is 4.78. The van der Waals surface area contributed by atoms with Crippen LogP contribution in [-0.2, 0) is 11.3 Å². The van der Waals surface area contributed by atoms with E-state index in [-0.39, 0.29) is 5.91 Å². The minimum absolute atomic E-state index is 0.0165. The average molecular weight is 247 g/mol. The Morgan fingerprint density at radius 1 is 1.39 bits per heavy atom. The first kappa shape index (κ1) is 12.9. The molecule has 0 spiro atoms. The van der Waals surface area contributed by atoms with Crippen LogP contribution < -0.4 is 15.5 Å². The van der Waals surface area contributed by atoms with Crippen LogP contribution in [0.4, 0.5) is 5.69 Å². The lowest BCUT2D eigenvalue weighted by atomic mass is 10.1. The molecular formula is C14H21N3O. The van der Waals surface area contributed by atoms with Gasteiger partial charge in [-0.3, -0.25) is 4.79 Å². The minimum atomic E-state index is 0.0165. The van der Waals surface area contributed by atoms with Gasteiger partial charge in [-0.2, -0.15) is 0 Å². The highest BCUT2D eigenvalue weighted by Gasteiger charge is 2.14. The summed E-state index contributed by atoms with van der Waals surface area (Å²) in [6.07, 6.45) is 0. The number of amides is 1. The molecule has 0 aromatic heterocycles. The van der Waals surface area contributed by atoms with Gasteiger partial charge in [0.1, 0.15) is 0 Å². The molecule has 98 valence electrons. The highest BCUT2D eigenvalue weighted by atomic mass is 16.1. The lowest BCUT2D eigenvalue weighted by Gasteiger charge is -2.31. The molecule has 1 amide bonds. The molecule has 1 aromatic carbocycles. The summed E-state index contributed by atoms with van der Waals surface area (Å²) in [7, 11) is 0. The molecule has 1 aliphatic rings. The van der Waals surface area contributed by atoms with Gasteiger partial charge in [0.2, 0.25) is 5.91 Å². The number of nitrogens with one attached hydrogen (secondary N) is 2. The molecule has 4 heteroatoms. The number of piperazine rings is 1. The van der Waals surface area contributed by atoms with E-state index in [1.807, 2.05) is 0 Å². The lowest BCUT2D eigenvalue weighted by molar-refractivity contribution is -0.119. The Kier molecular flexibility index (Phi) is 4.20. The van der Waals surface area contributed by atoms with Gasteiger partial charge in [-0.25, -0.2) is 0 Å². The van der Waals surface area contributed by atoms with Crippen molar-refractivity contribution in [2.75, 3.05) is 31.1 Å². The van der Waals surface area contributed by atoms with Crippen LogP contribution >= 0.6 is 0 Å². The van der Waals surface area contributed by atoms with Gasteiger partial charge in [0.05, 0.1) is 0 Å². The molecule has 1 aromatic rings. The Hall–Kier alpha value is -1.55. The topological polar surface area (TPSA) is 44.4 Å². The van der Waals surface area contributed by atoms with Gasteiger partial charge in [0.15, 0.2) is 0 Å². The Balaban J connectivity index is 2.18. The van der Waals surface area contributed by atoms with Gasteiger partial charge in [-0.15, -0.1) is 0 Å². The first-order chi connectivity index (χ1) is 8.66. The summed E-state index contributed by atoms with van der Waals surface area (Å²) in [5.41, 5.74) is 3.68. The van der Waals surface area contributed by atoms with Crippen molar-refractivity contribution in [1.29, 1.82) is 0 Å². The zero-order chi connectivity index (χ0) is 13.0. The molecule has 0 bridgehead atoms. The van der Waals surface area contributed by atoms with Crippen LogP contribution in [0.1, 0.15) is 18.1 Å². The quantitative estimate of drug-likeness (QED) is 0.839. The molecule has 1 aliphatic heterocycles. The van der Waals surface area contributed by atoms with E-state index in [0.29, 0.717) is 6.54 Å². The second kappa shape index (κ2) is 5.87. The van der Waals surface area contributed by atoms with Crippen LogP contribution in [0.5, 0.6) is 0 Å². The molecule has 0 aliphatic carbocycles. The van der Waals surface area contributed by atoms with Gasteiger partial charge in [-0.1, -0.05) is 17.7 Å². The van der Waals surface area contributed by atoms with E-state index in [9.17, 15) is 4.79 Å². The maximum Gasteiger partial charge on any atom is 0.217 e. The van der Waals surface area contributed by atoms with Crippen molar-refractivity contribution in [3.8, 4) is 0 Å². The molecule has 2 N–H and O–H groups in total. The summed E-state index contributed by atoms with van der Waals surface area (Å²) in [6, 6.07) is 6.46. The molecule has 1 heterocycles. The minimum Gasteiger partial charge on any atom is -0.369 e. The van der Waals surface area contributed by atoms with Crippen molar-refractivity contribution in [1.82, 2.24) is 10.6 Å². The van der Waals surface area contributed by atoms with Crippen molar-refractivity contribution in [3.05, 3.63) is 29.3 Å². The molecule has 2 rings (SSSR count). The van der Waals surface area contributed by atoms with Crippen LogP contribution in [0.2, 0.25) is 0 Å². The van der Waals surface area contributed by atoms with Crippen LogP contribution in [0.15, 0.2) is 18.2 Å². The summed E-state index contributed by atoms with van der Waals surface area (Å²) >= 11 is 0. The molecule has 0 atom stereocenters. The Bertz CT molecular complexity index is 425. The van der Waals surface area contributed by atoms with Crippen molar-refractivity contribution in [2.45, 2.75) is 20.4 Å². The number of carbonyl (C=O) groups is 1. The van der Waals surface area contributed by atoms with E-state index >= 15 is 0 Å². The maximum atomic E-state index is 11.1. The average Bonchev–Trinajstić information content (AvgIpc) is 2.37. The smallest absolute Gasteiger partial charge is 0.217 e. The number of benzene rings is 1. The zero-order valence-corrected chi connectivity index (χ0v) is 11.1. The molecule has 0 unspecified atom stereocenters. The molecule has 1 fully saturated rings. The number of aryl methyl sites for hydroxylation is 1. The summed E-state index contributed by atoms with van der Waals surface area (Å²) in [4.78, 5) is 13.4. The number of carbonyl (C=O) groups excluding carboxylic acids is 1. The van der Waals surface area contributed by atoms with Crippen molar-refractivity contribution in [2.24, 2.45) is 0 Å². The molecule has 4 nitrogen and oxygen atoms in total. The monoisotopic (exact) mass is 247 g/mol. The largest absolute Gasteiger partial charge is 0.369 e. The Labute approximate surface area is 108 Å². The highest BCUT2D eigenvalue weighted by molar-refractivity contribution is 5.73. The standard InChI is InChI=1S/C14H21N3O/c1-11-3-4-14(17-7-5-15-6-8-17)13(9-11)10-16-12(2)18/h3-4,9,15H,5-8,10H2,1-2H3,(H,16,18). The fourth-order valence-electron chi connectivity index (χ4n) is 2.29. The van der Waals surface area contributed by atoms with Crippen molar-refractivity contribution < 1.29 is 4.79 Å². The van der Waals surface area contributed by atoms with Gasteiger partial charge >= 0.3 is 0 Å². The van der Waals surface area contributed by atoms with E-state index in [1.54, 1.807) is 6.92 Å². The molecular weight excluding hydrogens is 226 g/mol. The van der Waals surface area contributed by atoms with Gasteiger partial charge in [-0.05, 0) is 18.6 Å². The molecule has 18 heavy (non-hydrogen) atoms. The van der Waals surface area contributed by atoms with Crippen molar-refractivity contribution in [3.63, 3.8) is 0 Å². The zero-order valence-electron chi connectivity index (χ0n) is 11.1. The number of hydrogen-bond donors (Lipinski definition) is 2. The summed E-state index contributed by atoms with van der Waals surface area (Å²) in [5.74, 6) is 0.0165. The Morgan fingerprint density at radius 3 is 2.78 bits per heavy atom. The second-order valence-electron chi connectivity index (χ2n) is 4.78. The van der Waals surface area contributed by atoms with E-state index in [4.69, 9.17) is 0 Å². The summed E-state index contributed by atoms with van der Waals surface area (Å²) in [5, 5.41) is 6.24. The van der Waals surface area contributed by atoms with Crippen LogP contribution in [0, 0.1) is 6.92 Å². The van der Waals surface area contributed by atoms with Crippen LogP contribution in [0.3, 0.4) is 0 Å². The predicted octanol–water partition coefficient (Wildman–Crippen LogP) is 1.04. The first-order valence-electron chi connectivity index (χ1n) is 6.46. The summed E-state index contributed by atoms with van der Waals surface area (Å²) < 4.78 is 0. The third-order valence-electron chi connectivity index (χ3n) is 3.22. The fourth-order valence-corrected chi connectivity index (χ4v) is 2.29. The maximum absolute atomic E-state index is 11.1. The van der Waals surface area contributed by atoms with Gasteiger partial charge in [0, 0.05) is 45.3 Å². The third kappa shape index (κ3) is 3.23. The first-order valence-corrected chi connectivity index (χ1v) is 6.46. The number of hydrogen-bond acceptors (Lipinski definition) is 3. The summed E-state index contributed by atoms with van der Waals surface area (Å²) in [6.45, 7) is 8.34. The van der Waals surface area contributed by atoms with E-state index in [0.717, 1.165) is 26.2 Å². The predicted molar refractivity (Wildman–Crippen MR) is 73.8 cm³/mol. The molecule has 1 saturated heterocycles. The number of anilines is 1. The Morgan fingerprint density at radius 2 is 2.11 bits per heavy atom. The van der Waals surface area contributed by atoms with E-state index in [1.165, 1.54) is 16.8 Å². The lowest BCUT2D eigenvalue weighted by Crippen LogP contribution is -2.44. The van der Waals surface area contributed by atoms with E-state index in [2.05, 4.69) is 40.7 Å². The van der Waals surface area contributed by atoms with Gasteiger partial charge < -0.3 is 15.5 Å². The molecule has 0 saturated carbocycles. The van der Waals surface area contributed by atoms with Crippen molar-refractivity contribution >= 4 is 11.6 Å². The number of rotatable bonds is 3. The third-order valence-corrected chi connectivity index (χ3v) is 3.22. The highest BCUT2D eigenvalue weighted by Crippen LogP contribution is 2.22. The fraction of sp³-hybridized carbons (Fsp3) is 0.500. The van der Waals surface area contributed by atoms with Crippen LogP contribution in [-0.4, -0.2) is 32.1 Å².